The van der Waals surface area contributed by atoms with Crippen LogP contribution in [0, 0.1) is 13.8 Å². The normalized spacial score (nSPS) is 13.9. The van der Waals surface area contributed by atoms with E-state index in [9.17, 15) is 18.0 Å². The van der Waals surface area contributed by atoms with E-state index in [-0.39, 0.29) is 17.2 Å². The standard InChI is InChI=1S/C24H29N3O6S/c1-17-10-11-20(13-18(17)2)32-16-24(29)33-15-23(28)26-19-7-6-8-21(14-19)34(30,31)27-22-9-4-3-5-12-25-22/h6-8,10-11,13-14H,3-5,9,12,15-16H2,1-2H3,(H,25,27)(H,26,28). The van der Waals surface area contributed by atoms with Gasteiger partial charge in [0.2, 0.25) is 0 Å². The maximum atomic E-state index is 12.7. The smallest absolute Gasteiger partial charge is 0.344 e. The lowest BCUT2D eigenvalue weighted by Gasteiger charge is -2.12. The van der Waals surface area contributed by atoms with Crippen LogP contribution in [0.15, 0.2) is 52.4 Å². The van der Waals surface area contributed by atoms with Crippen molar-refractivity contribution in [1.29, 1.82) is 0 Å². The number of carbonyl (C=O) groups excluding carboxylic acids is 2. The molecule has 0 aliphatic carbocycles. The van der Waals surface area contributed by atoms with E-state index in [2.05, 4.69) is 15.0 Å². The SMILES string of the molecule is Cc1ccc(OCC(=O)OCC(=O)Nc2cccc(S(=O)(=O)NC3=NCCCCC3)c2)cc1C. The number of benzene rings is 2. The summed E-state index contributed by atoms with van der Waals surface area (Å²) in [5.41, 5.74) is 2.41. The molecule has 0 aromatic heterocycles. The second-order valence-corrected chi connectivity index (χ2v) is 9.70. The number of anilines is 1. The first kappa shape index (κ1) is 25.2. The van der Waals surface area contributed by atoms with Crippen LogP contribution in [0.4, 0.5) is 5.69 Å². The molecule has 0 unspecified atom stereocenters. The highest BCUT2D eigenvalue weighted by Gasteiger charge is 2.18. The zero-order chi connectivity index (χ0) is 24.6. The highest BCUT2D eigenvalue weighted by atomic mass is 32.2. The Morgan fingerprint density at radius 1 is 1.00 bits per heavy atom. The van der Waals surface area contributed by atoms with Crippen molar-refractivity contribution in [3.63, 3.8) is 0 Å². The second-order valence-electron chi connectivity index (χ2n) is 8.02. The monoisotopic (exact) mass is 487 g/mol. The quantitative estimate of drug-likeness (QED) is 0.552. The Hall–Kier alpha value is -3.40. The summed E-state index contributed by atoms with van der Waals surface area (Å²) in [7, 11) is -3.83. The third-order valence-corrected chi connectivity index (χ3v) is 6.63. The summed E-state index contributed by atoms with van der Waals surface area (Å²) >= 11 is 0. The van der Waals surface area contributed by atoms with Crippen LogP contribution < -0.4 is 14.8 Å². The van der Waals surface area contributed by atoms with Crippen molar-refractivity contribution in [3.8, 4) is 5.75 Å². The minimum absolute atomic E-state index is 0.00367. The van der Waals surface area contributed by atoms with Gasteiger partial charge in [-0.2, -0.15) is 0 Å². The number of sulfonamides is 1. The molecule has 0 radical (unpaired) electrons. The van der Waals surface area contributed by atoms with Crippen LogP contribution >= 0.6 is 0 Å². The number of nitrogens with one attached hydrogen (secondary N) is 2. The van der Waals surface area contributed by atoms with Crippen molar-refractivity contribution >= 4 is 33.4 Å². The Kier molecular flexibility index (Phi) is 8.64. The molecule has 34 heavy (non-hydrogen) atoms. The third kappa shape index (κ3) is 7.58. The highest BCUT2D eigenvalue weighted by Crippen LogP contribution is 2.17. The van der Waals surface area contributed by atoms with Crippen molar-refractivity contribution in [2.24, 2.45) is 4.99 Å². The molecule has 2 N–H and O–H groups in total. The third-order valence-electron chi connectivity index (χ3n) is 5.25. The van der Waals surface area contributed by atoms with Crippen LogP contribution in [-0.4, -0.2) is 45.9 Å². The van der Waals surface area contributed by atoms with Gasteiger partial charge in [0.15, 0.2) is 13.2 Å². The Bertz CT molecular complexity index is 1180. The molecule has 2 aromatic rings. The average molecular weight is 488 g/mol. The molecule has 0 spiro atoms. The second kappa shape index (κ2) is 11.6. The molecule has 10 heteroatoms. The van der Waals surface area contributed by atoms with Gasteiger partial charge in [0.05, 0.1) is 4.90 Å². The molecule has 0 fully saturated rings. The average Bonchev–Trinajstić information content (AvgIpc) is 3.07. The fourth-order valence-electron chi connectivity index (χ4n) is 3.24. The summed E-state index contributed by atoms with van der Waals surface area (Å²) in [4.78, 5) is 28.4. The van der Waals surface area contributed by atoms with Crippen molar-refractivity contribution in [2.75, 3.05) is 25.1 Å². The molecule has 0 saturated carbocycles. The maximum Gasteiger partial charge on any atom is 0.344 e. The van der Waals surface area contributed by atoms with Gasteiger partial charge >= 0.3 is 5.97 Å². The van der Waals surface area contributed by atoms with Crippen LogP contribution in [0.2, 0.25) is 0 Å². The van der Waals surface area contributed by atoms with Gasteiger partial charge in [-0.3, -0.25) is 14.5 Å². The van der Waals surface area contributed by atoms with E-state index in [0.717, 1.165) is 30.4 Å². The van der Waals surface area contributed by atoms with E-state index < -0.39 is 28.5 Å². The zero-order valence-corrected chi connectivity index (χ0v) is 20.1. The van der Waals surface area contributed by atoms with E-state index in [0.29, 0.717) is 24.6 Å². The lowest BCUT2D eigenvalue weighted by atomic mass is 10.1. The van der Waals surface area contributed by atoms with Gasteiger partial charge < -0.3 is 14.8 Å². The van der Waals surface area contributed by atoms with E-state index in [4.69, 9.17) is 9.47 Å². The number of esters is 1. The molecule has 0 saturated heterocycles. The predicted molar refractivity (Wildman–Crippen MR) is 129 cm³/mol. The predicted octanol–water partition coefficient (Wildman–Crippen LogP) is 3.11. The summed E-state index contributed by atoms with van der Waals surface area (Å²) in [5, 5.41) is 2.53. The Labute approximate surface area is 199 Å². The number of ether oxygens (including phenoxy) is 2. The first-order chi connectivity index (χ1) is 16.2. The van der Waals surface area contributed by atoms with Crippen LogP contribution in [0.5, 0.6) is 5.75 Å². The molecule has 1 aliphatic rings. The summed E-state index contributed by atoms with van der Waals surface area (Å²) in [6, 6.07) is 11.3. The van der Waals surface area contributed by atoms with Gasteiger partial charge in [-0.05, 0) is 68.1 Å². The number of nitrogens with zero attached hydrogens (tertiary/aromatic N) is 1. The Morgan fingerprint density at radius 3 is 2.62 bits per heavy atom. The number of hydrogen-bond acceptors (Lipinski definition) is 7. The van der Waals surface area contributed by atoms with Gasteiger partial charge in [0.1, 0.15) is 11.6 Å². The van der Waals surface area contributed by atoms with Gasteiger partial charge in [-0.1, -0.05) is 18.6 Å². The Balaban J connectivity index is 1.50. The molecule has 0 bridgehead atoms. The molecule has 1 amide bonds. The number of aryl methyl sites for hydroxylation is 2. The number of aliphatic imine (C=N–C) groups is 1. The number of amides is 1. The van der Waals surface area contributed by atoms with Crippen LogP contribution in [0.3, 0.4) is 0 Å². The number of amidine groups is 1. The summed E-state index contributed by atoms with van der Waals surface area (Å²) in [6.45, 7) is 3.65. The van der Waals surface area contributed by atoms with Gasteiger partial charge in [0.25, 0.3) is 15.9 Å². The zero-order valence-electron chi connectivity index (χ0n) is 19.3. The first-order valence-corrected chi connectivity index (χ1v) is 12.5. The van der Waals surface area contributed by atoms with Crippen LogP contribution in [0.1, 0.15) is 36.8 Å². The highest BCUT2D eigenvalue weighted by molar-refractivity contribution is 7.90. The summed E-state index contributed by atoms with van der Waals surface area (Å²) < 4.78 is 38.3. The van der Waals surface area contributed by atoms with Crippen molar-refractivity contribution < 1.29 is 27.5 Å². The number of carbonyl (C=O) groups is 2. The molecule has 182 valence electrons. The summed E-state index contributed by atoms with van der Waals surface area (Å²) in [6.07, 6.45) is 3.41. The molecular weight excluding hydrogens is 458 g/mol. The lowest BCUT2D eigenvalue weighted by Crippen LogP contribution is -2.30. The van der Waals surface area contributed by atoms with Crippen molar-refractivity contribution in [2.45, 2.75) is 44.4 Å². The van der Waals surface area contributed by atoms with Crippen LogP contribution in [0.25, 0.3) is 0 Å². The maximum absolute atomic E-state index is 12.7. The fraction of sp³-hybridized carbons (Fsp3) is 0.375. The molecule has 0 atom stereocenters. The van der Waals surface area contributed by atoms with Crippen molar-refractivity contribution in [3.05, 3.63) is 53.6 Å². The molecule has 3 rings (SSSR count). The summed E-state index contributed by atoms with van der Waals surface area (Å²) in [5.74, 6) is -0.318. The number of hydrogen-bond donors (Lipinski definition) is 2. The molecule has 1 aliphatic heterocycles. The molecule has 2 aromatic carbocycles. The lowest BCUT2D eigenvalue weighted by molar-refractivity contribution is -0.149. The van der Waals surface area contributed by atoms with E-state index >= 15 is 0 Å². The van der Waals surface area contributed by atoms with Crippen LogP contribution in [-0.2, 0) is 24.3 Å². The van der Waals surface area contributed by atoms with Gasteiger partial charge in [-0.25, -0.2) is 13.2 Å². The Morgan fingerprint density at radius 2 is 1.82 bits per heavy atom. The largest absolute Gasteiger partial charge is 0.482 e. The molecule has 9 nitrogen and oxygen atoms in total. The molecular formula is C24H29N3O6S. The minimum Gasteiger partial charge on any atom is -0.482 e. The van der Waals surface area contributed by atoms with Gasteiger partial charge in [0, 0.05) is 18.7 Å². The van der Waals surface area contributed by atoms with E-state index in [1.165, 1.54) is 18.2 Å². The van der Waals surface area contributed by atoms with E-state index in [1.807, 2.05) is 26.0 Å². The topological polar surface area (TPSA) is 123 Å². The number of rotatable bonds is 8. The molecule has 1 heterocycles. The minimum atomic E-state index is -3.83. The van der Waals surface area contributed by atoms with E-state index in [1.54, 1.807) is 12.1 Å². The van der Waals surface area contributed by atoms with Gasteiger partial charge in [-0.15, -0.1) is 0 Å². The first-order valence-electron chi connectivity index (χ1n) is 11.0. The fourth-order valence-corrected chi connectivity index (χ4v) is 4.38. The van der Waals surface area contributed by atoms with Crippen molar-refractivity contribution in [1.82, 2.24) is 4.72 Å².